The second-order valence-corrected chi connectivity index (χ2v) is 5.47. The quantitative estimate of drug-likeness (QED) is 0.942. The van der Waals surface area contributed by atoms with Gasteiger partial charge in [0.1, 0.15) is 11.6 Å². The Morgan fingerprint density at radius 3 is 2.90 bits per heavy atom. The Morgan fingerprint density at radius 2 is 2.14 bits per heavy atom. The largest absolute Gasteiger partial charge is 0.384 e. The van der Waals surface area contributed by atoms with Gasteiger partial charge in [-0.25, -0.2) is 9.37 Å². The number of nitrogens with two attached hydrogens (primary N) is 1. The highest BCUT2D eigenvalue weighted by Crippen LogP contribution is 2.31. The maximum atomic E-state index is 13.0. The van der Waals surface area contributed by atoms with E-state index in [1.807, 2.05) is 12.1 Å². The molecule has 0 radical (unpaired) electrons. The van der Waals surface area contributed by atoms with Gasteiger partial charge in [-0.2, -0.15) is 0 Å². The number of nitrogens with zero attached hydrogens (tertiary/aromatic N) is 3. The molecule has 2 N–H and O–H groups in total. The van der Waals surface area contributed by atoms with Crippen LogP contribution in [-0.4, -0.2) is 21.4 Å². The Kier molecular flexibility index (Phi) is 4.10. The second-order valence-electron chi connectivity index (χ2n) is 5.47. The summed E-state index contributed by atoms with van der Waals surface area (Å²) in [6.07, 6.45) is 6.45. The highest BCUT2D eigenvalue weighted by molar-refractivity contribution is 5.31. The summed E-state index contributed by atoms with van der Waals surface area (Å²) < 4.78 is 13.0. The summed E-state index contributed by atoms with van der Waals surface area (Å²) in [5, 5.41) is 0. The molecule has 0 amide bonds. The van der Waals surface area contributed by atoms with E-state index in [2.05, 4.69) is 14.9 Å². The average molecular weight is 286 g/mol. The summed E-state index contributed by atoms with van der Waals surface area (Å²) in [4.78, 5) is 10.7. The molecule has 0 unspecified atom stereocenters. The van der Waals surface area contributed by atoms with Gasteiger partial charge in [-0.3, -0.25) is 9.88 Å². The van der Waals surface area contributed by atoms with Crippen LogP contribution in [0.2, 0.25) is 0 Å². The molecular formula is C16H19FN4. The number of halogens is 1. The third-order valence-corrected chi connectivity index (χ3v) is 3.94. The number of rotatable bonds is 3. The summed E-state index contributed by atoms with van der Waals surface area (Å²) in [7, 11) is 0. The zero-order valence-corrected chi connectivity index (χ0v) is 11.9. The first-order valence-corrected chi connectivity index (χ1v) is 7.28. The van der Waals surface area contributed by atoms with Gasteiger partial charge in [0.25, 0.3) is 0 Å². The third kappa shape index (κ3) is 3.36. The molecule has 0 aromatic carbocycles. The second kappa shape index (κ2) is 6.18. The summed E-state index contributed by atoms with van der Waals surface area (Å²) in [6, 6.07) is 7.41. The van der Waals surface area contributed by atoms with E-state index in [0.29, 0.717) is 5.82 Å². The fraction of sp³-hybridized carbons (Fsp3) is 0.375. The van der Waals surface area contributed by atoms with Crippen LogP contribution in [0.5, 0.6) is 0 Å². The molecule has 2 aromatic rings. The molecule has 5 heteroatoms. The van der Waals surface area contributed by atoms with E-state index >= 15 is 0 Å². The summed E-state index contributed by atoms with van der Waals surface area (Å²) in [5.74, 6) is 0.254. The van der Waals surface area contributed by atoms with Crippen LogP contribution >= 0.6 is 0 Å². The normalized spacial score (nSPS) is 19.6. The third-order valence-electron chi connectivity index (χ3n) is 3.94. The molecule has 1 fully saturated rings. The Hall–Kier alpha value is -2.01. The van der Waals surface area contributed by atoms with Crippen LogP contribution in [0.3, 0.4) is 0 Å². The average Bonchev–Trinajstić information content (AvgIpc) is 2.49. The van der Waals surface area contributed by atoms with Crippen LogP contribution < -0.4 is 5.73 Å². The first-order chi connectivity index (χ1) is 10.2. The number of hydrogen-bond acceptors (Lipinski definition) is 4. The minimum absolute atomic E-state index is 0.244. The fourth-order valence-electron chi connectivity index (χ4n) is 2.93. The zero-order valence-electron chi connectivity index (χ0n) is 11.9. The molecule has 0 aliphatic carbocycles. The van der Waals surface area contributed by atoms with Crippen LogP contribution in [-0.2, 0) is 6.54 Å². The molecule has 3 heterocycles. The van der Waals surface area contributed by atoms with Crippen molar-refractivity contribution in [3.8, 4) is 0 Å². The predicted octanol–water partition coefficient (Wildman–Crippen LogP) is 2.93. The molecule has 3 rings (SSSR count). The van der Waals surface area contributed by atoms with Gasteiger partial charge in [-0.15, -0.1) is 0 Å². The van der Waals surface area contributed by atoms with E-state index in [0.717, 1.165) is 30.8 Å². The number of hydrogen-bond donors (Lipinski definition) is 1. The van der Waals surface area contributed by atoms with Gasteiger partial charge in [0, 0.05) is 12.7 Å². The van der Waals surface area contributed by atoms with Crippen molar-refractivity contribution >= 4 is 5.82 Å². The van der Waals surface area contributed by atoms with Gasteiger partial charge in [0.15, 0.2) is 0 Å². The zero-order chi connectivity index (χ0) is 14.7. The Balaban J connectivity index is 1.79. The van der Waals surface area contributed by atoms with Gasteiger partial charge >= 0.3 is 0 Å². The first-order valence-electron chi connectivity index (χ1n) is 7.28. The van der Waals surface area contributed by atoms with E-state index in [1.165, 1.54) is 25.1 Å². The van der Waals surface area contributed by atoms with Gasteiger partial charge in [-0.05, 0) is 49.2 Å². The Bertz CT molecular complexity index is 599. The fourth-order valence-corrected chi connectivity index (χ4v) is 2.93. The van der Waals surface area contributed by atoms with Crippen molar-refractivity contribution in [2.24, 2.45) is 0 Å². The smallest absolute Gasteiger partial charge is 0.141 e. The van der Waals surface area contributed by atoms with Crippen molar-refractivity contribution < 1.29 is 4.39 Å². The lowest BCUT2D eigenvalue weighted by Crippen LogP contribution is -2.33. The number of anilines is 1. The molecule has 4 nitrogen and oxygen atoms in total. The van der Waals surface area contributed by atoms with Crippen LogP contribution in [0.25, 0.3) is 0 Å². The van der Waals surface area contributed by atoms with E-state index in [4.69, 9.17) is 5.73 Å². The SMILES string of the molecule is Nc1cc(CN2CCCC[C@H]2c2ccc(F)cn2)ccn1. The molecule has 0 spiro atoms. The number of nitrogen functional groups attached to an aromatic ring is 1. The van der Waals surface area contributed by atoms with E-state index in [1.54, 1.807) is 12.3 Å². The molecular weight excluding hydrogens is 267 g/mol. The summed E-state index contributed by atoms with van der Waals surface area (Å²) in [5.41, 5.74) is 7.83. The molecule has 1 atom stereocenters. The van der Waals surface area contributed by atoms with Crippen LogP contribution in [0.4, 0.5) is 10.2 Å². The molecule has 0 saturated carbocycles. The van der Waals surface area contributed by atoms with Crippen molar-refractivity contribution in [2.45, 2.75) is 31.8 Å². The highest BCUT2D eigenvalue weighted by Gasteiger charge is 2.25. The summed E-state index contributed by atoms with van der Waals surface area (Å²) in [6.45, 7) is 1.84. The number of pyridine rings is 2. The van der Waals surface area contributed by atoms with Crippen molar-refractivity contribution in [3.05, 3.63) is 53.7 Å². The van der Waals surface area contributed by atoms with Gasteiger partial charge in [-0.1, -0.05) is 6.42 Å². The Morgan fingerprint density at radius 1 is 1.24 bits per heavy atom. The lowest BCUT2D eigenvalue weighted by atomic mass is 9.98. The molecule has 1 aliphatic heterocycles. The van der Waals surface area contributed by atoms with Crippen molar-refractivity contribution in [1.82, 2.24) is 14.9 Å². The topological polar surface area (TPSA) is 55.0 Å². The van der Waals surface area contributed by atoms with Crippen molar-refractivity contribution in [3.63, 3.8) is 0 Å². The van der Waals surface area contributed by atoms with Gasteiger partial charge in [0.2, 0.25) is 0 Å². The molecule has 0 bridgehead atoms. The molecule has 2 aromatic heterocycles. The molecule has 1 aliphatic rings. The summed E-state index contributed by atoms with van der Waals surface area (Å²) >= 11 is 0. The molecule has 1 saturated heterocycles. The monoisotopic (exact) mass is 286 g/mol. The van der Waals surface area contributed by atoms with Gasteiger partial charge in [0.05, 0.1) is 17.9 Å². The minimum atomic E-state index is -0.289. The maximum Gasteiger partial charge on any atom is 0.141 e. The first kappa shape index (κ1) is 13.9. The van der Waals surface area contributed by atoms with E-state index < -0.39 is 0 Å². The van der Waals surface area contributed by atoms with Crippen LogP contribution in [0, 0.1) is 5.82 Å². The predicted molar refractivity (Wildman–Crippen MR) is 79.8 cm³/mol. The number of likely N-dealkylation sites (tertiary alicyclic amines) is 1. The highest BCUT2D eigenvalue weighted by atomic mass is 19.1. The van der Waals surface area contributed by atoms with Crippen molar-refractivity contribution in [1.29, 1.82) is 0 Å². The van der Waals surface area contributed by atoms with Crippen molar-refractivity contribution in [2.75, 3.05) is 12.3 Å². The molecule has 21 heavy (non-hydrogen) atoms. The Labute approximate surface area is 123 Å². The van der Waals surface area contributed by atoms with E-state index in [9.17, 15) is 4.39 Å². The van der Waals surface area contributed by atoms with Gasteiger partial charge < -0.3 is 5.73 Å². The standard InChI is InChI=1S/C16H19FN4/c17-13-4-5-14(20-10-13)15-3-1-2-8-21(15)11-12-6-7-19-16(18)9-12/h4-7,9-10,15H,1-3,8,11H2,(H2,18,19)/t15-/m0/s1. The minimum Gasteiger partial charge on any atom is -0.384 e. The van der Waals surface area contributed by atoms with Crippen LogP contribution in [0.15, 0.2) is 36.7 Å². The van der Waals surface area contributed by atoms with Crippen LogP contribution in [0.1, 0.15) is 36.6 Å². The molecule has 110 valence electrons. The number of piperidine rings is 1. The van der Waals surface area contributed by atoms with E-state index in [-0.39, 0.29) is 11.9 Å². The maximum absolute atomic E-state index is 13.0. The number of aromatic nitrogens is 2. The lowest BCUT2D eigenvalue weighted by Gasteiger charge is -2.35. The lowest BCUT2D eigenvalue weighted by molar-refractivity contribution is 0.137.